The number of thiazole rings is 1. The van der Waals surface area contributed by atoms with Gasteiger partial charge in [-0.1, -0.05) is 29.2 Å². The number of anilines is 1. The fourth-order valence-corrected chi connectivity index (χ4v) is 3.63. The van der Waals surface area contributed by atoms with E-state index in [0.717, 1.165) is 27.5 Å². The Balaban J connectivity index is 1.69. The summed E-state index contributed by atoms with van der Waals surface area (Å²) < 4.78 is 0.948. The van der Waals surface area contributed by atoms with E-state index in [1.165, 1.54) is 11.3 Å². The lowest BCUT2D eigenvalue weighted by Crippen LogP contribution is -2.26. The van der Waals surface area contributed by atoms with E-state index < -0.39 is 11.2 Å². The molecule has 1 saturated heterocycles. The molecule has 8 nitrogen and oxygen atoms in total. The summed E-state index contributed by atoms with van der Waals surface area (Å²) in [6.45, 7) is 0. The Hall–Kier alpha value is -2.46. The summed E-state index contributed by atoms with van der Waals surface area (Å²) in [4.78, 5) is 26.4. The van der Waals surface area contributed by atoms with Gasteiger partial charge in [0, 0.05) is 0 Å². The number of nitrogens with zero attached hydrogens (tertiary/aromatic N) is 3. The highest BCUT2D eigenvalue weighted by Crippen LogP contribution is 2.24. The van der Waals surface area contributed by atoms with Crippen LogP contribution in [0.3, 0.4) is 0 Å². The summed E-state index contributed by atoms with van der Waals surface area (Å²) in [5.41, 5.74) is 7.30. The molecule has 0 saturated carbocycles. The zero-order chi connectivity index (χ0) is 16.4. The molecular formula is C13H11N5O3S2. The van der Waals surface area contributed by atoms with Crippen LogP contribution in [0.1, 0.15) is 12.0 Å². The summed E-state index contributed by atoms with van der Waals surface area (Å²) in [6.07, 6.45) is 1.29. The van der Waals surface area contributed by atoms with Gasteiger partial charge in [0.1, 0.15) is 5.25 Å². The molecule has 1 aromatic carbocycles. The smallest absolute Gasteiger partial charge is 0.305 e. The number of hydrogen-bond donors (Lipinski definition) is 3. The summed E-state index contributed by atoms with van der Waals surface area (Å²) in [5, 5.41) is 19.2. The summed E-state index contributed by atoms with van der Waals surface area (Å²) in [7, 11) is 0. The molecule has 23 heavy (non-hydrogen) atoms. The van der Waals surface area contributed by atoms with Gasteiger partial charge in [-0.3, -0.25) is 9.59 Å². The van der Waals surface area contributed by atoms with Crippen LogP contribution in [0.2, 0.25) is 0 Å². The standard InChI is InChI=1S/C13H11N5O3S2/c14-12-16-7-2-1-6(3-8(7)22-12)5-15-18-13-17-11(21)9(23-13)4-10(19)20/h1-3,5,9H,4H2,(H2,14,16)(H,19,20)(H,17,18,21). The fraction of sp³-hybridized carbons (Fsp3) is 0.154. The van der Waals surface area contributed by atoms with Gasteiger partial charge < -0.3 is 16.2 Å². The van der Waals surface area contributed by atoms with Crippen molar-refractivity contribution >= 4 is 61.7 Å². The van der Waals surface area contributed by atoms with E-state index in [0.29, 0.717) is 10.3 Å². The number of aliphatic carboxylic acids is 1. The number of carboxylic acids is 1. The molecule has 2 heterocycles. The van der Waals surface area contributed by atoms with Crippen molar-refractivity contribution in [2.45, 2.75) is 11.7 Å². The molecule has 1 unspecified atom stereocenters. The minimum absolute atomic E-state index is 0.247. The highest BCUT2D eigenvalue weighted by atomic mass is 32.2. The first kappa shape index (κ1) is 15.4. The molecule has 118 valence electrons. The Morgan fingerprint density at radius 2 is 2.35 bits per heavy atom. The lowest BCUT2D eigenvalue weighted by Gasteiger charge is -1.97. The molecule has 10 heteroatoms. The first-order chi connectivity index (χ1) is 11.0. The van der Waals surface area contributed by atoms with E-state index in [1.54, 1.807) is 6.21 Å². The van der Waals surface area contributed by atoms with Crippen molar-refractivity contribution in [3.63, 3.8) is 0 Å². The largest absolute Gasteiger partial charge is 0.481 e. The number of amidine groups is 1. The molecule has 1 fully saturated rings. The van der Waals surface area contributed by atoms with Crippen LogP contribution >= 0.6 is 23.1 Å². The number of nitrogens with two attached hydrogens (primary N) is 1. The number of carbonyl (C=O) groups excluding carboxylic acids is 1. The first-order valence-electron chi connectivity index (χ1n) is 6.47. The molecule has 0 spiro atoms. The minimum Gasteiger partial charge on any atom is -0.481 e. The van der Waals surface area contributed by atoms with Crippen molar-refractivity contribution in [3.05, 3.63) is 23.8 Å². The van der Waals surface area contributed by atoms with E-state index in [2.05, 4.69) is 20.5 Å². The third kappa shape index (κ3) is 3.66. The molecular weight excluding hydrogens is 338 g/mol. The summed E-state index contributed by atoms with van der Waals surface area (Å²) >= 11 is 2.44. The monoisotopic (exact) mass is 349 g/mol. The lowest BCUT2D eigenvalue weighted by atomic mass is 10.2. The Kier molecular flexibility index (Phi) is 4.26. The van der Waals surface area contributed by atoms with Crippen molar-refractivity contribution in [2.75, 3.05) is 5.73 Å². The van der Waals surface area contributed by atoms with Crippen LogP contribution < -0.4 is 11.1 Å². The van der Waals surface area contributed by atoms with E-state index in [1.807, 2.05) is 18.2 Å². The number of benzene rings is 1. The highest BCUT2D eigenvalue weighted by molar-refractivity contribution is 8.15. The van der Waals surface area contributed by atoms with Crippen LogP contribution in [0.25, 0.3) is 10.2 Å². The maximum absolute atomic E-state index is 11.6. The highest BCUT2D eigenvalue weighted by Gasteiger charge is 2.32. The second-order valence-electron chi connectivity index (χ2n) is 4.62. The number of rotatable bonds is 4. The Morgan fingerprint density at radius 3 is 3.13 bits per heavy atom. The number of nitrogen functional groups attached to an aromatic ring is 1. The molecule has 0 aliphatic carbocycles. The average Bonchev–Trinajstić information content (AvgIpc) is 3.00. The third-order valence-electron chi connectivity index (χ3n) is 2.92. The van der Waals surface area contributed by atoms with Gasteiger partial charge in [-0.05, 0) is 17.7 Å². The van der Waals surface area contributed by atoms with Crippen LogP contribution in [-0.2, 0) is 9.59 Å². The van der Waals surface area contributed by atoms with E-state index >= 15 is 0 Å². The van der Waals surface area contributed by atoms with Crippen molar-refractivity contribution < 1.29 is 14.7 Å². The second-order valence-corrected chi connectivity index (χ2v) is 6.88. The van der Waals surface area contributed by atoms with Crippen molar-refractivity contribution in [1.82, 2.24) is 10.3 Å². The molecule has 1 amide bonds. The molecule has 0 radical (unpaired) electrons. The predicted molar refractivity (Wildman–Crippen MR) is 90.8 cm³/mol. The molecule has 3 rings (SSSR count). The van der Waals surface area contributed by atoms with Crippen molar-refractivity contribution in [3.8, 4) is 0 Å². The van der Waals surface area contributed by atoms with Gasteiger partial charge in [0.25, 0.3) is 0 Å². The average molecular weight is 349 g/mol. The van der Waals surface area contributed by atoms with Gasteiger partial charge in [0.15, 0.2) is 10.3 Å². The molecule has 1 aliphatic heterocycles. The van der Waals surface area contributed by atoms with Gasteiger partial charge in [0.05, 0.1) is 22.9 Å². The van der Waals surface area contributed by atoms with Crippen molar-refractivity contribution in [2.24, 2.45) is 10.2 Å². The number of amides is 1. The molecule has 2 aromatic rings. The SMILES string of the molecule is Nc1nc2ccc(C=NN=C3NC(=O)C(CC(=O)O)S3)cc2s1. The van der Waals surface area contributed by atoms with Gasteiger partial charge in [-0.15, -0.1) is 5.10 Å². The van der Waals surface area contributed by atoms with Crippen LogP contribution in [0.15, 0.2) is 28.4 Å². The van der Waals surface area contributed by atoms with Gasteiger partial charge in [-0.25, -0.2) is 4.98 Å². The Morgan fingerprint density at radius 1 is 1.52 bits per heavy atom. The third-order valence-corrected chi connectivity index (χ3v) is 4.84. The fourth-order valence-electron chi connectivity index (χ4n) is 1.93. The van der Waals surface area contributed by atoms with Crippen LogP contribution in [0.5, 0.6) is 0 Å². The molecule has 0 bridgehead atoms. The summed E-state index contributed by atoms with van der Waals surface area (Å²) in [5.74, 6) is -1.40. The topological polar surface area (TPSA) is 130 Å². The lowest BCUT2D eigenvalue weighted by molar-refractivity contribution is -0.138. The zero-order valence-corrected chi connectivity index (χ0v) is 13.2. The number of fused-ring (bicyclic) bond motifs is 1. The zero-order valence-electron chi connectivity index (χ0n) is 11.6. The van der Waals surface area contributed by atoms with Gasteiger partial charge >= 0.3 is 5.97 Å². The minimum atomic E-state index is -1.03. The van der Waals surface area contributed by atoms with Crippen LogP contribution in [0.4, 0.5) is 5.13 Å². The number of nitrogens with one attached hydrogen (secondary N) is 1. The quantitative estimate of drug-likeness (QED) is 0.563. The maximum Gasteiger partial charge on any atom is 0.305 e. The first-order valence-corrected chi connectivity index (χ1v) is 8.17. The molecule has 1 atom stereocenters. The number of hydrogen-bond acceptors (Lipinski definition) is 8. The van der Waals surface area contributed by atoms with E-state index in [9.17, 15) is 9.59 Å². The van der Waals surface area contributed by atoms with Gasteiger partial charge in [-0.2, -0.15) is 5.10 Å². The second kappa shape index (κ2) is 6.34. The number of carboxylic acid groups (broad SMARTS) is 1. The van der Waals surface area contributed by atoms with E-state index in [-0.39, 0.29) is 12.3 Å². The van der Waals surface area contributed by atoms with Crippen molar-refractivity contribution in [1.29, 1.82) is 0 Å². The molecule has 1 aromatic heterocycles. The molecule has 4 N–H and O–H groups in total. The normalized spacial score (nSPS) is 19.7. The molecule has 1 aliphatic rings. The van der Waals surface area contributed by atoms with E-state index in [4.69, 9.17) is 10.8 Å². The maximum atomic E-state index is 11.6. The summed E-state index contributed by atoms with van der Waals surface area (Å²) in [6, 6.07) is 5.56. The Labute approximate surface area is 138 Å². The number of thioether (sulfide) groups is 1. The number of aromatic nitrogens is 1. The van der Waals surface area contributed by atoms with Crippen LogP contribution in [-0.4, -0.2) is 38.6 Å². The van der Waals surface area contributed by atoms with Crippen LogP contribution in [0, 0.1) is 0 Å². The van der Waals surface area contributed by atoms with Gasteiger partial charge in [0.2, 0.25) is 5.91 Å². The predicted octanol–water partition coefficient (Wildman–Crippen LogP) is 1.27. The Bertz CT molecular complexity index is 845. The number of carbonyl (C=O) groups is 2.